The third kappa shape index (κ3) is 4.33. The van der Waals surface area contributed by atoms with Gasteiger partial charge >= 0.3 is 4.87 Å². The predicted molar refractivity (Wildman–Crippen MR) is 123 cm³/mol. The van der Waals surface area contributed by atoms with Crippen LogP contribution in [-0.4, -0.2) is 69.5 Å². The Balaban J connectivity index is 1.46. The summed E-state index contributed by atoms with van der Waals surface area (Å²) in [6, 6.07) is 7.76. The lowest BCUT2D eigenvalue weighted by molar-refractivity contribution is -0.133. The van der Waals surface area contributed by atoms with Gasteiger partial charge in [0.15, 0.2) is 14.8 Å². The minimum Gasteiger partial charge on any atom is -0.338 e. The highest BCUT2D eigenvalue weighted by atomic mass is 32.2. The summed E-state index contributed by atoms with van der Waals surface area (Å²) < 4.78 is 29.1. The van der Waals surface area contributed by atoms with E-state index in [1.807, 2.05) is 31.2 Å². The fraction of sp³-hybridized carbons (Fsp3) is 0.368. The molecule has 3 aromatic rings. The zero-order valence-corrected chi connectivity index (χ0v) is 19.9. The number of aryl methyl sites for hydroxylation is 2. The summed E-state index contributed by atoms with van der Waals surface area (Å²) in [6.07, 6.45) is 0. The zero-order chi connectivity index (χ0) is 23.0. The Bertz CT molecular complexity index is 1380. The lowest BCUT2D eigenvalue weighted by Gasteiger charge is -2.33. The average molecular weight is 495 g/mol. The molecule has 0 aliphatic carbocycles. The van der Waals surface area contributed by atoms with Crippen molar-refractivity contribution in [3.05, 3.63) is 50.0 Å². The van der Waals surface area contributed by atoms with E-state index in [-0.39, 0.29) is 42.8 Å². The van der Waals surface area contributed by atoms with Crippen LogP contribution in [0.3, 0.4) is 0 Å². The number of benzene rings is 1. The first-order valence-corrected chi connectivity index (χ1v) is 12.5. The Morgan fingerprint density at radius 1 is 1.22 bits per heavy atom. The second-order valence-corrected chi connectivity index (χ2v) is 11.0. The summed E-state index contributed by atoms with van der Waals surface area (Å²) in [4.78, 5) is 28.2. The summed E-state index contributed by atoms with van der Waals surface area (Å²) in [6.45, 7) is 4.35. The molecule has 2 aromatic heterocycles. The number of rotatable bonds is 5. The summed E-state index contributed by atoms with van der Waals surface area (Å²) >= 11 is 6.00. The molecule has 1 aromatic carbocycles. The number of nitrogens with one attached hydrogen (secondary N) is 2. The van der Waals surface area contributed by atoms with Crippen LogP contribution < -0.4 is 4.87 Å². The minimum absolute atomic E-state index is 0.00386. The Morgan fingerprint density at radius 2 is 1.94 bits per heavy atom. The molecule has 0 bridgehead atoms. The van der Waals surface area contributed by atoms with E-state index in [2.05, 4.69) is 15.2 Å². The van der Waals surface area contributed by atoms with Gasteiger partial charge in [0.2, 0.25) is 5.91 Å². The highest BCUT2D eigenvalue weighted by Gasteiger charge is 2.32. The molecule has 4 rings (SSSR count). The van der Waals surface area contributed by atoms with E-state index in [0.29, 0.717) is 27.6 Å². The largest absolute Gasteiger partial charge is 0.338 e. The average Bonchev–Trinajstić information content (AvgIpc) is 3.29. The van der Waals surface area contributed by atoms with E-state index < -0.39 is 14.9 Å². The van der Waals surface area contributed by atoms with E-state index >= 15 is 0 Å². The number of thiazole rings is 1. The molecule has 0 spiro atoms. The fourth-order valence-corrected chi connectivity index (χ4v) is 6.69. The van der Waals surface area contributed by atoms with Crippen molar-refractivity contribution in [1.82, 2.24) is 29.0 Å². The quantitative estimate of drug-likeness (QED) is 0.518. The van der Waals surface area contributed by atoms with Gasteiger partial charge in [0.25, 0.3) is 10.0 Å². The maximum Gasteiger partial charge on any atom is 0.305 e. The Labute approximate surface area is 193 Å². The number of carbonyl (C=O) groups is 1. The van der Waals surface area contributed by atoms with Crippen molar-refractivity contribution in [2.24, 2.45) is 0 Å². The normalized spacial score (nSPS) is 15.2. The number of carbonyl (C=O) groups excluding carboxylic acids is 1. The smallest absolute Gasteiger partial charge is 0.305 e. The van der Waals surface area contributed by atoms with Crippen molar-refractivity contribution < 1.29 is 13.2 Å². The van der Waals surface area contributed by atoms with Crippen LogP contribution in [0.1, 0.15) is 11.3 Å². The van der Waals surface area contributed by atoms with Gasteiger partial charge in [-0.1, -0.05) is 35.1 Å². The van der Waals surface area contributed by atoms with Gasteiger partial charge in [0.05, 0.1) is 0 Å². The number of hydrogen-bond donors (Lipinski definition) is 2. The van der Waals surface area contributed by atoms with Gasteiger partial charge in [0, 0.05) is 37.4 Å². The second kappa shape index (κ2) is 8.73. The number of nitrogens with zero attached hydrogens (tertiary/aromatic N) is 4. The van der Waals surface area contributed by atoms with E-state index in [9.17, 15) is 18.0 Å². The molecule has 1 fully saturated rings. The van der Waals surface area contributed by atoms with Gasteiger partial charge in [0.1, 0.15) is 6.54 Å². The SMILES string of the molecule is Cc1cccc(-c2n[nH]c(=S)n2CC(=O)N2CCN(S(=O)(=O)c3sc(=O)[nH]c3C)CC2)c1. The molecule has 170 valence electrons. The van der Waals surface area contributed by atoms with Crippen LogP contribution in [0.25, 0.3) is 11.4 Å². The van der Waals surface area contributed by atoms with Gasteiger partial charge in [-0.2, -0.15) is 9.40 Å². The molecule has 1 amide bonds. The first kappa shape index (κ1) is 22.6. The Morgan fingerprint density at radius 3 is 2.56 bits per heavy atom. The molecule has 1 aliphatic heterocycles. The van der Waals surface area contributed by atoms with Gasteiger partial charge in [-0.05, 0) is 32.1 Å². The van der Waals surface area contributed by atoms with Crippen molar-refractivity contribution in [1.29, 1.82) is 0 Å². The summed E-state index contributed by atoms with van der Waals surface area (Å²) in [5.74, 6) is 0.405. The Hall–Kier alpha value is -2.61. The summed E-state index contributed by atoms with van der Waals surface area (Å²) in [7, 11) is -3.78. The molecule has 1 aliphatic rings. The topological polar surface area (TPSA) is 124 Å². The van der Waals surface area contributed by atoms with Crippen molar-refractivity contribution in [3.8, 4) is 11.4 Å². The number of hydrogen-bond acceptors (Lipinski definition) is 7. The number of piperazine rings is 1. The predicted octanol–water partition coefficient (Wildman–Crippen LogP) is 1.51. The van der Waals surface area contributed by atoms with Crippen molar-refractivity contribution in [2.75, 3.05) is 26.2 Å². The number of amides is 1. The maximum absolute atomic E-state index is 13.0. The monoisotopic (exact) mass is 494 g/mol. The molecular weight excluding hydrogens is 472 g/mol. The van der Waals surface area contributed by atoms with Gasteiger partial charge in [-0.15, -0.1) is 0 Å². The first-order valence-electron chi connectivity index (χ1n) is 9.86. The minimum atomic E-state index is -3.78. The van der Waals surface area contributed by atoms with Crippen LogP contribution in [0, 0.1) is 18.6 Å². The maximum atomic E-state index is 13.0. The van der Waals surface area contributed by atoms with Crippen molar-refractivity contribution >= 4 is 39.5 Å². The van der Waals surface area contributed by atoms with Crippen molar-refractivity contribution in [2.45, 2.75) is 24.6 Å². The third-order valence-electron chi connectivity index (χ3n) is 5.27. The van der Waals surface area contributed by atoms with Crippen LogP contribution in [0.5, 0.6) is 0 Å². The molecule has 0 radical (unpaired) electrons. The standard InChI is InChI=1S/C19H22N6O4S3/c1-12-4-3-5-14(10-12)16-21-22-18(30)25(16)11-15(26)23-6-8-24(9-7-23)32(28,29)17-13(2)20-19(27)31-17/h3-5,10H,6-9,11H2,1-2H3,(H,20,27)(H,22,30). The molecule has 0 atom stereocenters. The molecule has 2 N–H and O–H groups in total. The zero-order valence-electron chi connectivity index (χ0n) is 17.5. The van der Waals surface area contributed by atoms with E-state index in [0.717, 1.165) is 11.1 Å². The second-order valence-electron chi connectivity index (χ2n) is 7.52. The highest BCUT2D eigenvalue weighted by Crippen LogP contribution is 2.23. The molecule has 0 saturated carbocycles. The Kier molecular flexibility index (Phi) is 6.16. The van der Waals surface area contributed by atoms with Crippen LogP contribution >= 0.6 is 23.6 Å². The number of H-pyrrole nitrogens is 2. The van der Waals surface area contributed by atoms with E-state index in [4.69, 9.17) is 12.2 Å². The molecule has 1 saturated heterocycles. The molecular formula is C19H22N6O4S3. The third-order valence-corrected chi connectivity index (χ3v) is 9.07. The summed E-state index contributed by atoms with van der Waals surface area (Å²) in [5, 5.41) is 7.02. The molecule has 0 unspecified atom stereocenters. The lowest BCUT2D eigenvalue weighted by Crippen LogP contribution is -2.51. The number of aromatic nitrogens is 4. The van der Waals surface area contributed by atoms with Crippen molar-refractivity contribution in [3.63, 3.8) is 0 Å². The van der Waals surface area contributed by atoms with Crippen LogP contribution in [0.2, 0.25) is 0 Å². The van der Waals surface area contributed by atoms with E-state index in [1.54, 1.807) is 16.4 Å². The van der Waals surface area contributed by atoms with Crippen LogP contribution in [0.15, 0.2) is 33.3 Å². The summed E-state index contributed by atoms with van der Waals surface area (Å²) in [5.41, 5.74) is 2.24. The van der Waals surface area contributed by atoms with Gasteiger partial charge < -0.3 is 9.88 Å². The van der Waals surface area contributed by atoms with E-state index in [1.165, 1.54) is 4.31 Å². The fourth-order valence-electron chi connectivity index (χ4n) is 3.64. The molecule has 3 heterocycles. The molecule has 13 heteroatoms. The highest BCUT2D eigenvalue weighted by molar-refractivity contribution is 7.91. The molecule has 10 nitrogen and oxygen atoms in total. The van der Waals surface area contributed by atoms with Crippen LogP contribution in [-0.2, 0) is 21.4 Å². The number of sulfonamides is 1. The first-order chi connectivity index (χ1) is 15.2. The van der Waals surface area contributed by atoms with Gasteiger partial charge in [-0.3, -0.25) is 19.3 Å². The molecule has 32 heavy (non-hydrogen) atoms. The number of aromatic amines is 2. The lowest BCUT2D eigenvalue weighted by atomic mass is 10.1. The van der Waals surface area contributed by atoms with Crippen LogP contribution in [0.4, 0.5) is 0 Å². The van der Waals surface area contributed by atoms with Gasteiger partial charge in [-0.25, -0.2) is 8.42 Å².